The van der Waals surface area contributed by atoms with E-state index in [1.165, 1.54) is 11.1 Å². The van der Waals surface area contributed by atoms with Gasteiger partial charge in [0.25, 0.3) is 0 Å². The lowest BCUT2D eigenvalue weighted by Gasteiger charge is -2.24. The van der Waals surface area contributed by atoms with Gasteiger partial charge in [-0.2, -0.15) is 0 Å². The number of alkyl halides is 1. The molecule has 0 aromatic heterocycles. The van der Waals surface area contributed by atoms with Crippen LogP contribution in [-0.2, 0) is 18.3 Å². The summed E-state index contributed by atoms with van der Waals surface area (Å²) in [5.74, 6) is -0.319. The van der Waals surface area contributed by atoms with Crippen LogP contribution in [-0.4, -0.2) is 15.9 Å². The molecule has 1 fully saturated rings. The highest BCUT2D eigenvalue weighted by Crippen LogP contribution is 2.75. The van der Waals surface area contributed by atoms with Crippen molar-refractivity contribution < 1.29 is 9.59 Å². The van der Waals surface area contributed by atoms with Gasteiger partial charge in [-0.1, -0.05) is 88.7 Å². The summed E-state index contributed by atoms with van der Waals surface area (Å²) < 4.78 is -0.915. The summed E-state index contributed by atoms with van der Waals surface area (Å²) in [5.41, 5.74) is 5.16. The first-order valence-electron chi connectivity index (χ1n) is 9.65. The quantitative estimate of drug-likeness (QED) is 0.476. The van der Waals surface area contributed by atoms with E-state index in [1.54, 1.807) is 12.1 Å². The zero-order chi connectivity index (χ0) is 19.1. The highest BCUT2D eigenvalue weighted by atomic mass is 79.9. The lowest BCUT2D eigenvalue weighted by Crippen LogP contribution is -2.32. The van der Waals surface area contributed by atoms with Crippen LogP contribution in [0.1, 0.15) is 43.0 Å². The average Bonchev–Trinajstić information content (AvgIpc) is 3.36. The zero-order valence-corrected chi connectivity index (χ0v) is 16.7. The number of fused-ring (bicyclic) bond motifs is 8. The van der Waals surface area contributed by atoms with Gasteiger partial charge in [0.15, 0.2) is 11.6 Å². The Labute approximate surface area is 171 Å². The Morgan fingerprint density at radius 2 is 1.21 bits per heavy atom. The Balaban J connectivity index is 1.72. The third kappa shape index (κ3) is 1.66. The molecular formula is C25H17BrO2. The largest absolute Gasteiger partial charge is 0.294 e. The SMILES string of the molecule is O=C1c2ccccc2C(=O)[C@@]2(Br)[C@@H]1C21c2ccccc2CCc2ccccc21. The average molecular weight is 429 g/mol. The topological polar surface area (TPSA) is 34.1 Å². The summed E-state index contributed by atoms with van der Waals surface area (Å²) in [6, 6.07) is 23.9. The number of Topliss-reactive ketones (excluding diaryl/α,β-unsaturated/α-hetero) is 2. The van der Waals surface area contributed by atoms with Crippen LogP contribution in [0.4, 0.5) is 0 Å². The lowest BCUT2D eigenvalue weighted by molar-refractivity contribution is 0.0893. The fraction of sp³-hybridized carbons (Fsp3) is 0.200. The van der Waals surface area contributed by atoms with Crippen molar-refractivity contribution in [2.45, 2.75) is 22.6 Å². The van der Waals surface area contributed by atoms with E-state index in [0.29, 0.717) is 11.1 Å². The molecule has 0 radical (unpaired) electrons. The van der Waals surface area contributed by atoms with Crippen molar-refractivity contribution in [2.75, 3.05) is 0 Å². The van der Waals surface area contributed by atoms with Crippen molar-refractivity contribution in [2.24, 2.45) is 5.92 Å². The van der Waals surface area contributed by atoms with E-state index >= 15 is 0 Å². The minimum Gasteiger partial charge on any atom is -0.294 e. The summed E-state index contributed by atoms with van der Waals surface area (Å²) >= 11 is 3.87. The van der Waals surface area contributed by atoms with Crippen molar-refractivity contribution in [3.63, 3.8) is 0 Å². The van der Waals surface area contributed by atoms with E-state index < -0.39 is 15.7 Å². The van der Waals surface area contributed by atoms with Gasteiger partial charge in [0.1, 0.15) is 4.32 Å². The van der Waals surface area contributed by atoms with Gasteiger partial charge in [0.05, 0.1) is 11.3 Å². The van der Waals surface area contributed by atoms with E-state index in [1.807, 2.05) is 36.4 Å². The standard InChI is InChI=1S/C25H17BrO2/c26-25-22(21(27)17-9-3-4-10-18(17)23(25)28)24(25)19-11-5-1-7-15(19)13-14-16-8-2-6-12-20(16)24/h1-12,22H,13-14H2/t22-,25-/m0/s1. The molecule has 0 aliphatic heterocycles. The van der Waals surface area contributed by atoms with Crippen molar-refractivity contribution in [3.8, 4) is 0 Å². The Morgan fingerprint density at radius 3 is 1.82 bits per heavy atom. The molecule has 136 valence electrons. The minimum absolute atomic E-state index is 0.0270. The van der Waals surface area contributed by atoms with Crippen molar-refractivity contribution >= 4 is 27.5 Å². The molecule has 3 aliphatic rings. The van der Waals surface area contributed by atoms with E-state index in [-0.39, 0.29) is 11.6 Å². The molecule has 2 atom stereocenters. The smallest absolute Gasteiger partial charge is 0.182 e. The highest BCUT2D eigenvalue weighted by Gasteiger charge is 2.85. The van der Waals surface area contributed by atoms with Gasteiger partial charge in [-0.3, -0.25) is 9.59 Å². The van der Waals surface area contributed by atoms with Gasteiger partial charge < -0.3 is 0 Å². The summed E-state index contributed by atoms with van der Waals surface area (Å²) in [6.45, 7) is 0. The number of halogens is 1. The Hall–Kier alpha value is -2.52. The number of hydrogen-bond donors (Lipinski definition) is 0. The van der Waals surface area contributed by atoms with Crippen LogP contribution >= 0.6 is 15.9 Å². The summed E-state index contributed by atoms with van der Waals surface area (Å²) in [6.07, 6.45) is 1.83. The number of hydrogen-bond acceptors (Lipinski definition) is 2. The van der Waals surface area contributed by atoms with Gasteiger partial charge in [-0.05, 0) is 35.1 Å². The van der Waals surface area contributed by atoms with E-state index in [4.69, 9.17) is 0 Å². The lowest BCUT2D eigenvalue weighted by atomic mass is 9.81. The van der Waals surface area contributed by atoms with Gasteiger partial charge in [-0.25, -0.2) is 0 Å². The highest BCUT2D eigenvalue weighted by molar-refractivity contribution is 9.10. The number of ketones is 2. The Kier molecular flexibility index (Phi) is 3.11. The van der Waals surface area contributed by atoms with Gasteiger partial charge in [0.2, 0.25) is 0 Å². The van der Waals surface area contributed by atoms with Crippen LogP contribution in [0.25, 0.3) is 0 Å². The second-order valence-corrected chi connectivity index (χ2v) is 9.26. The van der Waals surface area contributed by atoms with Gasteiger partial charge >= 0.3 is 0 Å². The first-order chi connectivity index (χ1) is 13.6. The van der Waals surface area contributed by atoms with E-state index in [0.717, 1.165) is 24.0 Å². The molecule has 0 heterocycles. The molecule has 0 saturated heterocycles. The number of rotatable bonds is 0. The summed E-state index contributed by atoms with van der Waals surface area (Å²) in [7, 11) is 0. The van der Waals surface area contributed by atoms with Crippen LogP contribution < -0.4 is 0 Å². The molecule has 6 rings (SSSR count). The van der Waals surface area contributed by atoms with E-state index in [9.17, 15) is 9.59 Å². The van der Waals surface area contributed by atoms with Crippen LogP contribution in [0, 0.1) is 5.92 Å². The predicted octanol–water partition coefficient (Wildman–Crippen LogP) is 4.91. The Morgan fingerprint density at radius 1 is 0.714 bits per heavy atom. The third-order valence-corrected chi connectivity index (χ3v) is 8.34. The monoisotopic (exact) mass is 428 g/mol. The van der Waals surface area contributed by atoms with Gasteiger partial charge in [-0.15, -0.1) is 0 Å². The molecule has 3 aromatic rings. The fourth-order valence-corrected chi connectivity index (χ4v) is 7.04. The first kappa shape index (κ1) is 16.4. The third-order valence-electron chi connectivity index (χ3n) is 6.90. The summed E-state index contributed by atoms with van der Waals surface area (Å²) in [5, 5.41) is 0. The number of benzene rings is 3. The molecule has 3 aromatic carbocycles. The molecule has 3 aliphatic carbocycles. The molecule has 1 spiro atoms. The summed E-state index contributed by atoms with van der Waals surface area (Å²) in [4.78, 5) is 27.4. The van der Waals surface area contributed by atoms with Crippen molar-refractivity contribution in [1.29, 1.82) is 0 Å². The van der Waals surface area contributed by atoms with Crippen molar-refractivity contribution in [3.05, 3.63) is 106 Å². The molecular weight excluding hydrogens is 412 g/mol. The predicted molar refractivity (Wildman–Crippen MR) is 111 cm³/mol. The fourth-order valence-electron chi connectivity index (χ4n) is 5.74. The molecule has 1 saturated carbocycles. The molecule has 0 unspecified atom stereocenters. The Bertz CT molecular complexity index is 1150. The van der Waals surface area contributed by atoms with Crippen LogP contribution in [0.5, 0.6) is 0 Å². The normalized spacial score (nSPS) is 26.0. The molecule has 3 heteroatoms. The first-order valence-corrected chi connectivity index (χ1v) is 10.4. The maximum Gasteiger partial charge on any atom is 0.182 e. The number of aryl methyl sites for hydroxylation is 2. The van der Waals surface area contributed by atoms with Crippen molar-refractivity contribution in [1.82, 2.24) is 0 Å². The zero-order valence-electron chi connectivity index (χ0n) is 15.1. The molecule has 0 N–H and O–H groups in total. The number of carbonyl (C=O) groups excluding carboxylic acids is 2. The maximum absolute atomic E-state index is 13.7. The molecule has 28 heavy (non-hydrogen) atoms. The van der Waals surface area contributed by atoms with Crippen LogP contribution in [0.3, 0.4) is 0 Å². The van der Waals surface area contributed by atoms with Crippen LogP contribution in [0.15, 0.2) is 72.8 Å². The maximum atomic E-state index is 13.7. The second-order valence-electron chi connectivity index (χ2n) is 8.01. The van der Waals surface area contributed by atoms with E-state index in [2.05, 4.69) is 40.2 Å². The van der Waals surface area contributed by atoms with Crippen LogP contribution in [0.2, 0.25) is 0 Å². The minimum atomic E-state index is -0.915. The molecule has 0 bridgehead atoms. The van der Waals surface area contributed by atoms with Gasteiger partial charge in [0, 0.05) is 11.1 Å². The second kappa shape index (κ2) is 5.30. The number of carbonyl (C=O) groups is 2. The molecule has 2 nitrogen and oxygen atoms in total. The molecule has 0 amide bonds.